The standard InChI is InChI=1S/C23H27N3O5/c1-2-24-23(29)25-21(27)20(18-6-4-3-5-7-18)31-22(28)19-10-8-17(9-11-19)16-26-12-14-30-15-13-26/h3-11,20H,2,12-16H2,1H3,(H2,24,25,27,29)/t20-/m0/s1. The summed E-state index contributed by atoms with van der Waals surface area (Å²) in [6, 6.07) is 15.1. The van der Waals surface area contributed by atoms with E-state index in [2.05, 4.69) is 15.5 Å². The number of morpholine rings is 1. The number of hydrogen-bond donors (Lipinski definition) is 2. The van der Waals surface area contributed by atoms with Crippen LogP contribution in [0.15, 0.2) is 54.6 Å². The monoisotopic (exact) mass is 425 g/mol. The summed E-state index contributed by atoms with van der Waals surface area (Å²) in [7, 11) is 0. The van der Waals surface area contributed by atoms with E-state index in [0.717, 1.165) is 38.4 Å². The highest BCUT2D eigenvalue weighted by Gasteiger charge is 2.27. The molecule has 0 spiro atoms. The quantitative estimate of drug-likeness (QED) is 0.661. The number of amides is 3. The first-order valence-electron chi connectivity index (χ1n) is 10.3. The number of carbonyl (C=O) groups is 3. The van der Waals surface area contributed by atoms with Crippen molar-refractivity contribution >= 4 is 17.9 Å². The van der Waals surface area contributed by atoms with Gasteiger partial charge in [-0.2, -0.15) is 0 Å². The summed E-state index contributed by atoms with van der Waals surface area (Å²) in [5.74, 6) is -1.35. The first kappa shape index (κ1) is 22.5. The third kappa shape index (κ3) is 6.63. The second-order valence-electron chi connectivity index (χ2n) is 7.13. The van der Waals surface area contributed by atoms with Gasteiger partial charge in [-0.15, -0.1) is 0 Å². The molecule has 0 aliphatic carbocycles. The molecule has 3 rings (SSSR count). The fourth-order valence-corrected chi connectivity index (χ4v) is 3.22. The predicted octanol–water partition coefficient (Wildman–Crippen LogP) is 2.26. The van der Waals surface area contributed by atoms with Gasteiger partial charge in [0.1, 0.15) is 0 Å². The molecule has 0 saturated carbocycles. The van der Waals surface area contributed by atoms with Gasteiger partial charge in [0.25, 0.3) is 5.91 Å². The minimum atomic E-state index is -1.25. The Morgan fingerprint density at radius 1 is 1.03 bits per heavy atom. The highest BCUT2D eigenvalue weighted by atomic mass is 16.5. The summed E-state index contributed by atoms with van der Waals surface area (Å²) in [5, 5.41) is 4.69. The van der Waals surface area contributed by atoms with Crippen LogP contribution in [0.2, 0.25) is 0 Å². The third-order valence-corrected chi connectivity index (χ3v) is 4.84. The molecule has 2 aromatic carbocycles. The summed E-state index contributed by atoms with van der Waals surface area (Å²) in [6.45, 7) is 6.09. The van der Waals surface area contributed by atoms with Crippen molar-refractivity contribution in [3.63, 3.8) is 0 Å². The molecular weight excluding hydrogens is 398 g/mol. The summed E-state index contributed by atoms with van der Waals surface area (Å²) in [6.07, 6.45) is -1.25. The van der Waals surface area contributed by atoms with Crippen LogP contribution in [-0.4, -0.2) is 55.7 Å². The van der Waals surface area contributed by atoms with Crippen LogP contribution in [0.3, 0.4) is 0 Å². The minimum absolute atomic E-state index is 0.331. The number of nitrogens with zero attached hydrogens (tertiary/aromatic N) is 1. The Bertz CT molecular complexity index is 880. The zero-order valence-electron chi connectivity index (χ0n) is 17.5. The van der Waals surface area contributed by atoms with Gasteiger partial charge in [-0.1, -0.05) is 42.5 Å². The van der Waals surface area contributed by atoms with E-state index in [4.69, 9.17) is 9.47 Å². The Hall–Kier alpha value is -3.23. The smallest absolute Gasteiger partial charge is 0.339 e. The Kier molecular flexibility index (Phi) is 8.14. The van der Waals surface area contributed by atoms with Gasteiger partial charge in [0.05, 0.1) is 18.8 Å². The minimum Gasteiger partial charge on any atom is -0.444 e. The Morgan fingerprint density at radius 3 is 2.35 bits per heavy atom. The number of urea groups is 1. The third-order valence-electron chi connectivity index (χ3n) is 4.84. The average Bonchev–Trinajstić information content (AvgIpc) is 2.79. The number of esters is 1. The van der Waals surface area contributed by atoms with Gasteiger partial charge in [-0.3, -0.25) is 15.0 Å². The SMILES string of the molecule is CCNC(=O)NC(=O)[C@@H](OC(=O)c1ccc(CN2CCOCC2)cc1)c1ccccc1. The van der Waals surface area contributed by atoms with E-state index in [1.165, 1.54) is 0 Å². The largest absolute Gasteiger partial charge is 0.444 e. The van der Waals surface area contributed by atoms with Gasteiger partial charge in [0.2, 0.25) is 6.10 Å². The van der Waals surface area contributed by atoms with Crippen molar-refractivity contribution in [2.75, 3.05) is 32.8 Å². The lowest BCUT2D eigenvalue weighted by atomic mass is 10.1. The van der Waals surface area contributed by atoms with E-state index in [0.29, 0.717) is 17.7 Å². The second-order valence-corrected chi connectivity index (χ2v) is 7.13. The molecule has 3 amide bonds. The van der Waals surface area contributed by atoms with Crippen LogP contribution in [-0.2, 0) is 20.8 Å². The van der Waals surface area contributed by atoms with Gasteiger partial charge >= 0.3 is 12.0 Å². The molecule has 0 aromatic heterocycles. The Balaban J connectivity index is 1.67. The van der Waals surface area contributed by atoms with E-state index in [1.807, 2.05) is 12.1 Å². The lowest BCUT2D eigenvalue weighted by Crippen LogP contribution is -2.42. The highest BCUT2D eigenvalue weighted by Crippen LogP contribution is 2.20. The lowest BCUT2D eigenvalue weighted by molar-refractivity contribution is -0.129. The first-order chi connectivity index (χ1) is 15.1. The van der Waals surface area contributed by atoms with Gasteiger partial charge in [0, 0.05) is 31.7 Å². The molecule has 31 heavy (non-hydrogen) atoms. The molecule has 2 aromatic rings. The van der Waals surface area contributed by atoms with E-state index >= 15 is 0 Å². The second kappa shape index (κ2) is 11.2. The number of carbonyl (C=O) groups excluding carboxylic acids is 3. The molecule has 0 bridgehead atoms. The molecule has 1 aliphatic rings. The molecule has 0 radical (unpaired) electrons. The zero-order chi connectivity index (χ0) is 22.1. The maximum Gasteiger partial charge on any atom is 0.339 e. The summed E-state index contributed by atoms with van der Waals surface area (Å²) < 4.78 is 10.9. The van der Waals surface area contributed by atoms with Gasteiger partial charge in [0.15, 0.2) is 0 Å². The van der Waals surface area contributed by atoms with E-state index in [9.17, 15) is 14.4 Å². The molecule has 164 valence electrons. The topological polar surface area (TPSA) is 97.0 Å². The number of hydrogen-bond acceptors (Lipinski definition) is 6. The van der Waals surface area contributed by atoms with Gasteiger partial charge in [-0.05, 0) is 24.6 Å². The fourth-order valence-electron chi connectivity index (χ4n) is 3.22. The van der Waals surface area contributed by atoms with Crippen molar-refractivity contribution in [3.05, 3.63) is 71.3 Å². The Morgan fingerprint density at radius 2 is 1.71 bits per heavy atom. The maximum absolute atomic E-state index is 12.7. The fraction of sp³-hybridized carbons (Fsp3) is 0.348. The number of ether oxygens (including phenoxy) is 2. The van der Waals surface area contributed by atoms with Crippen LogP contribution >= 0.6 is 0 Å². The summed E-state index contributed by atoms with van der Waals surface area (Å²) >= 11 is 0. The van der Waals surface area contributed by atoms with Gasteiger partial charge < -0.3 is 14.8 Å². The molecule has 0 unspecified atom stereocenters. The molecule has 8 nitrogen and oxygen atoms in total. The van der Waals surface area contributed by atoms with E-state index < -0.39 is 24.0 Å². The Labute approximate surface area is 181 Å². The zero-order valence-corrected chi connectivity index (χ0v) is 17.5. The van der Waals surface area contributed by atoms with Crippen LogP contribution in [0.5, 0.6) is 0 Å². The first-order valence-corrected chi connectivity index (χ1v) is 10.3. The maximum atomic E-state index is 12.7. The van der Waals surface area contributed by atoms with Gasteiger partial charge in [-0.25, -0.2) is 9.59 Å². The van der Waals surface area contributed by atoms with Crippen molar-refractivity contribution in [2.45, 2.75) is 19.6 Å². The predicted molar refractivity (Wildman–Crippen MR) is 114 cm³/mol. The molecule has 1 aliphatic heterocycles. The van der Waals surface area contributed by atoms with Crippen LogP contribution in [0, 0.1) is 0 Å². The molecular formula is C23H27N3O5. The lowest BCUT2D eigenvalue weighted by Gasteiger charge is -2.26. The number of benzene rings is 2. The normalized spacial score (nSPS) is 15.0. The van der Waals surface area contributed by atoms with Crippen molar-refractivity contribution in [1.29, 1.82) is 0 Å². The van der Waals surface area contributed by atoms with Crippen LogP contribution < -0.4 is 10.6 Å². The molecule has 1 atom stereocenters. The van der Waals surface area contributed by atoms with Crippen LogP contribution in [0.4, 0.5) is 4.79 Å². The van der Waals surface area contributed by atoms with Crippen LogP contribution in [0.25, 0.3) is 0 Å². The van der Waals surface area contributed by atoms with E-state index in [1.54, 1.807) is 49.4 Å². The van der Waals surface area contributed by atoms with E-state index in [-0.39, 0.29) is 0 Å². The number of nitrogens with one attached hydrogen (secondary N) is 2. The molecule has 2 N–H and O–H groups in total. The summed E-state index contributed by atoms with van der Waals surface area (Å²) in [5.41, 5.74) is 1.88. The molecule has 1 heterocycles. The van der Waals surface area contributed by atoms with Crippen molar-refractivity contribution < 1.29 is 23.9 Å². The molecule has 1 saturated heterocycles. The molecule has 1 fully saturated rings. The average molecular weight is 425 g/mol. The van der Waals surface area contributed by atoms with Crippen molar-refractivity contribution in [2.24, 2.45) is 0 Å². The van der Waals surface area contributed by atoms with Crippen molar-refractivity contribution in [1.82, 2.24) is 15.5 Å². The van der Waals surface area contributed by atoms with Crippen LogP contribution in [0.1, 0.15) is 34.5 Å². The highest BCUT2D eigenvalue weighted by molar-refractivity contribution is 5.99. The molecule has 8 heteroatoms. The van der Waals surface area contributed by atoms with Crippen molar-refractivity contribution in [3.8, 4) is 0 Å². The number of rotatable bonds is 7. The number of imide groups is 1. The summed E-state index contributed by atoms with van der Waals surface area (Å²) in [4.78, 5) is 39.4.